The number of rotatable bonds is 4. The van der Waals surface area contributed by atoms with Gasteiger partial charge < -0.3 is 14.4 Å². The van der Waals surface area contributed by atoms with Crippen LogP contribution >= 0.6 is 0 Å². The lowest BCUT2D eigenvalue weighted by molar-refractivity contribution is -0.384. The van der Waals surface area contributed by atoms with E-state index in [0.29, 0.717) is 24.0 Å². The number of carbonyl (C=O) groups is 2. The molecular weight excluding hydrogens is 441 g/mol. The number of hydrogen-bond acceptors (Lipinski definition) is 4. The number of fused-ring (bicyclic) bond motifs is 1. The molecule has 1 aromatic heterocycles. The molecule has 11 heteroatoms. The average molecular weight is 460 g/mol. The van der Waals surface area contributed by atoms with Crippen LogP contribution in [0.4, 0.5) is 18.9 Å². The lowest BCUT2D eigenvalue weighted by atomic mass is 10.1. The minimum Gasteiger partial charge on any atom is -0.338 e. The fourth-order valence-corrected chi connectivity index (χ4v) is 3.83. The lowest BCUT2D eigenvalue weighted by Gasteiger charge is -2.35. The third-order valence-electron chi connectivity index (χ3n) is 5.65. The van der Waals surface area contributed by atoms with Gasteiger partial charge in [-0.05, 0) is 36.4 Å². The molecule has 2 amide bonds. The minimum absolute atomic E-state index is 0.0274. The van der Waals surface area contributed by atoms with Crippen LogP contribution in [-0.4, -0.2) is 57.3 Å². The van der Waals surface area contributed by atoms with Gasteiger partial charge in [0, 0.05) is 61.0 Å². The maximum Gasteiger partial charge on any atom is 0.416 e. The largest absolute Gasteiger partial charge is 0.416 e. The van der Waals surface area contributed by atoms with Crippen LogP contribution in [0.1, 0.15) is 15.9 Å². The Hall–Kier alpha value is -3.89. The summed E-state index contributed by atoms with van der Waals surface area (Å²) in [6.45, 7) is 1.19. The van der Waals surface area contributed by atoms with Crippen molar-refractivity contribution in [2.75, 3.05) is 26.2 Å². The molecular formula is C22H19F3N4O4. The van der Waals surface area contributed by atoms with Crippen LogP contribution in [0.15, 0.2) is 54.7 Å². The monoisotopic (exact) mass is 460 g/mol. The molecule has 2 aromatic carbocycles. The van der Waals surface area contributed by atoms with Gasteiger partial charge in [0.05, 0.1) is 10.5 Å². The number of piperazine rings is 1. The Morgan fingerprint density at radius 2 is 1.58 bits per heavy atom. The summed E-state index contributed by atoms with van der Waals surface area (Å²) in [6.07, 6.45) is -2.77. The summed E-state index contributed by atoms with van der Waals surface area (Å²) in [6, 6.07) is 10.2. The van der Waals surface area contributed by atoms with Gasteiger partial charge in [0.25, 0.3) is 11.6 Å². The first-order valence-corrected chi connectivity index (χ1v) is 10.1. The van der Waals surface area contributed by atoms with Crippen molar-refractivity contribution >= 4 is 28.4 Å². The highest BCUT2D eigenvalue weighted by molar-refractivity contribution is 5.94. The molecule has 2 heterocycles. The molecule has 0 saturated carbocycles. The van der Waals surface area contributed by atoms with Crippen LogP contribution < -0.4 is 0 Å². The molecule has 0 aliphatic carbocycles. The van der Waals surface area contributed by atoms with Gasteiger partial charge in [0.1, 0.15) is 6.54 Å². The van der Waals surface area contributed by atoms with E-state index in [1.807, 2.05) is 0 Å². The summed E-state index contributed by atoms with van der Waals surface area (Å²) in [5.74, 6) is -0.540. The number of nitrogens with zero attached hydrogens (tertiary/aromatic N) is 4. The summed E-state index contributed by atoms with van der Waals surface area (Å²) in [5.41, 5.74) is 0.0165. The van der Waals surface area contributed by atoms with Crippen molar-refractivity contribution in [2.45, 2.75) is 12.7 Å². The summed E-state index contributed by atoms with van der Waals surface area (Å²) in [5, 5.41) is 11.6. The molecule has 1 aliphatic heterocycles. The van der Waals surface area contributed by atoms with E-state index in [1.54, 1.807) is 27.8 Å². The Morgan fingerprint density at radius 1 is 0.939 bits per heavy atom. The van der Waals surface area contributed by atoms with Gasteiger partial charge in [-0.25, -0.2) is 0 Å². The molecule has 33 heavy (non-hydrogen) atoms. The zero-order valence-corrected chi connectivity index (χ0v) is 17.3. The Kier molecular flexibility index (Phi) is 5.79. The van der Waals surface area contributed by atoms with E-state index in [4.69, 9.17) is 0 Å². The van der Waals surface area contributed by atoms with E-state index < -0.39 is 16.7 Å². The standard InChI is InChI=1S/C22H19F3N4O4/c23-22(24,25)17-3-1-15(2-4-17)21(31)27-11-9-26(10-12-27)20(30)14-28-8-7-16-13-18(29(32)33)5-6-19(16)28/h1-8,13H,9-12,14H2. The van der Waals surface area contributed by atoms with Gasteiger partial charge in [-0.1, -0.05) is 0 Å². The molecule has 8 nitrogen and oxygen atoms in total. The number of hydrogen-bond donors (Lipinski definition) is 0. The van der Waals surface area contributed by atoms with Gasteiger partial charge in [0.15, 0.2) is 0 Å². The van der Waals surface area contributed by atoms with Crippen LogP contribution in [0.25, 0.3) is 10.9 Å². The first-order valence-electron chi connectivity index (χ1n) is 10.1. The first-order chi connectivity index (χ1) is 15.6. The second-order valence-electron chi connectivity index (χ2n) is 7.69. The van der Waals surface area contributed by atoms with Gasteiger partial charge in [-0.15, -0.1) is 0 Å². The molecule has 1 aliphatic rings. The number of benzene rings is 2. The zero-order chi connectivity index (χ0) is 23.8. The van der Waals surface area contributed by atoms with E-state index in [1.165, 1.54) is 17.0 Å². The van der Waals surface area contributed by atoms with Crippen LogP contribution in [0, 0.1) is 10.1 Å². The maximum atomic E-state index is 12.7. The summed E-state index contributed by atoms with van der Waals surface area (Å²) >= 11 is 0. The summed E-state index contributed by atoms with van der Waals surface area (Å²) < 4.78 is 39.8. The topological polar surface area (TPSA) is 88.7 Å². The predicted octanol–water partition coefficient (Wildman–Crippen LogP) is 3.55. The smallest absolute Gasteiger partial charge is 0.338 e. The minimum atomic E-state index is -4.46. The van der Waals surface area contributed by atoms with Crippen LogP contribution in [0.2, 0.25) is 0 Å². The second kappa shape index (κ2) is 8.57. The van der Waals surface area contributed by atoms with Gasteiger partial charge in [-0.3, -0.25) is 19.7 Å². The highest BCUT2D eigenvalue weighted by atomic mass is 19.4. The van der Waals surface area contributed by atoms with Crippen LogP contribution in [0.5, 0.6) is 0 Å². The van der Waals surface area contributed by atoms with E-state index >= 15 is 0 Å². The van der Waals surface area contributed by atoms with E-state index in [-0.39, 0.29) is 42.7 Å². The van der Waals surface area contributed by atoms with E-state index in [2.05, 4.69) is 0 Å². The van der Waals surface area contributed by atoms with Crippen molar-refractivity contribution in [1.82, 2.24) is 14.4 Å². The van der Waals surface area contributed by atoms with Crippen molar-refractivity contribution < 1.29 is 27.7 Å². The summed E-state index contributed by atoms with van der Waals surface area (Å²) in [4.78, 5) is 38.9. The van der Waals surface area contributed by atoms with Gasteiger partial charge in [0.2, 0.25) is 5.91 Å². The van der Waals surface area contributed by atoms with E-state index in [9.17, 15) is 32.9 Å². The number of carbonyl (C=O) groups excluding carboxylic acids is 2. The third-order valence-corrected chi connectivity index (χ3v) is 5.65. The molecule has 0 radical (unpaired) electrons. The SMILES string of the molecule is O=C(Cn1ccc2cc([N+](=O)[O-])ccc21)N1CCN(C(=O)c2ccc(C(F)(F)F)cc2)CC1. The summed E-state index contributed by atoms with van der Waals surface area (Å²) in [7, 11) is 0. The number of alkyl halides is 3. The molecule has 4 rings (SSSR count). The van der Waals surface area contributed by atoms with Crippen molar-refractivity contribution in [1.29, 1.82) is 0 Å². The van der Waals surface area contributed by atoms with Crippen LogP contribution in [0.3, 0.4) is 0 Å². The second-order valence-corrected chi connectivity index (χ2v) is 7.69. The third kappa shape index (κ3) is 4.66. The molecule has 0 N–H and O–H groups in total. The van der Waals surface area contributed by atoms with Crippen molar-refractivity contribution in [3.05, 3.63) is 76.0 Å². The zero-order valence-electron chi connectivity index (χ0n) is 17.3. The number of halogens is 3. The number of non-ortho nitro benzene ring substituents is 1. The Bertz CT molecular complexity index is 1210. The molecule has 0 atom stereocenters. The van der Waals surface area contributed by atoms with Crippen molar-refractivity contribution in [3.63, 3.8) is 0 Å². The normalized spacial score (nSPS) is 14.5. The molecule has 172 valence electrons. The molecule has 0 unspecified atom stereocenters. The molecule has 0 bridgehead atoms. The Labute approximate surface area is 185 Å². The predicted molar refractivity (Wildman–Crippen MR) is 113 cm³/mol. The highest BCUT2D eigenvalue weighted by Gasteiger charge is 2.31. The number of aromatic nitrogens is 1. The average Bonchev–Trinajstić information content (AvgIpc) is 3.20. The molecule has 1 fully saturated rings. The molecule has 1 saturated heterocycles. The van der Waals surface area contributed by atoms with Crippen molar-refractivity contribution in [3.8, 4) is 0 Å². The van der Waals surface area contributed by atoms with Gasteiger partial charge >= 0.3 is 6.18 Å². The fourth-order valence-electron chi connectivity index (χ4n) is 3.83. The van der Waals surface area contributed by atoms with E-state index in [0.717, 1.165) is 24.3 Å². The maximum absolute atomic E-state index is 12.7. The Balaban J connectivity index is 1.36. The quantitative estimate of drug-likeness (QED) is 0.440. The molecule has 3 aromatic rings. The van der Waals surface area contributed by atoms with Crippen molar-refractivity contribution in [2.24, 2.45) is 0 Å². The van der Waals surface area contributed by atoms with Crippen LogP contribution in [-0.2, 0) is 17.5 Å². The number of nitro benzene ring substituents is 1. The van der Waals surface area contributed by atoms with Gasteiger partial charge in [-0.2, -0.15) is 13.2 Å². The number of nitro groups is 1. The first kappa shape index (κ1) is 22.3. The highest BCUT2D eigenvalue weighted by Crippen LogP contribution is 2.29. The Morgan fingerprint density at radius 3 is 2.18 bits per heavy atom. The molecule has 0 spiro atoms. The fraction of sp³-hybridized carbons (Fsp3) is 0.273. The lowest BCUT2D eigenvalue weighted by Crippen LogP contribution is -2.51. The number of amides is 2.